The van der Waals surface area contributed by atoms with Gasteiger partial charge >= 0.3 is 0 Å². The number of likely N-dealkylation sites (tertiary alicyclic amines) is 1. The molecule has 0 spiro atoms. The molecule has 0 aliphatic carbocycles. The first-order chi connectivity index (χ1) is 9.74. The van der Waals surface area contributed by atoms with Crippen molar-refractivity contribution < 1.29 is 0 Å². The van der Waals surface area contributed by atoms with E-state index < -0.39 is 0 Å². The van der Waals surface area contributed by atoms with Crippen LogP contribution in [0.5, 0.6) is 0 Å². The van der Waals surface area contributed by atoms with E-state index in [4.69, 9.17) is 0 Å². The summed E-state index contributed by atoms with van der Waals surface area (Å²) in [6.45, 7) is 3.83. The van der Waals surface area contributed by atoms with Crippen LogP contribution in [-0.4, -0.2) is 34.1 Å². The molecule has 1 fully saturated rings. The predicted octanol–water partition coefficient (Wildman–Crippen LogP) is 2.46. The van der Waals surface area contributed by atoms with Crippen LogP contribution in [0.4, 0.5) is 0 Å². The van der Waals surface area contributed by atoms with E-state index in [1.165, 1.54) is 0 Å². The molecule has 0 aromatic carbocycles. The minimum atomic E-state index is 0.0426. The maximum atomic E-state index is 12.1. The number of pyridine rings is 2. The molecule has 0 atom stereocenters. The molecule has 3 heterocycles. The van der Waals surface area contributed by atoms with Gasteiger partial charge in [-0.3, -0.25) is 9.78 Å². The largest absolute Gasteiger partial charge is 0.305 e. The third-order valence-corrected chi connectivity index (χ3v) is 4.18. The Kier molecular flexibility index (Phi) is 4.17. The van der Waals surface area contributed by atoms with Crippen LogP contribution < -0.4 is 5.56 Å². The third-order valence-electron chi connectivity index (χ3n) is 3.74. The van der Waals surface area contributed by atoms with Crippen molar-refractivity contribution >= 4 is 27.0 Å². The number of halogens is 1. The first-order valence-electron chi connectivity index (χ1n) is 6.93. The average Bonchev–Trinajstić information content (AvgIpc) is 2.47. The molecule has 5 heteroatoms. The van der Waals surface area contributed by atoms with Crippen molar-refractivity contribution in [1.29, 1.82) is 0 Å². The Balaban J connectivity index is 1.87. The molecule has 0 saturated carbocycles. The quantitative estimate of drug-likeness (QED) is 0.865. The van der Waals surface area contributed by atoms with Gasteiger partial charge in [0.05, 0.1) is 11.0 Å². The van der Waals surface area contributed by atoms with Crippen LogP contribution in [0, 0.1) is 6.42 Å². The summed E-state index contributed by atoms with van der Waals surface area (Å²) < 4.78 is 2.72. The van der Waals surface area contributed by atoms with Gasteiger partial charge in [0, 0.05) is 29.8 Å². The molecule has 4 nitrogen and oxygen atoms in total. The van der Waals surface area contributed by atoms with Crippen molar-refractivity contribution in [2.45, 2.75) is 19.4 Å². The Morgan fingerprint density at radius 2 is 2.00 bits per heavy atom. The fourth-order valence-corrected chi connectivity index (χ4v) is 2.96. The lowest BCUT2D eigenvalue weighted by atomic mass is 10.1. The fraction of sp³-hybridized carbons (Fsp3) is 0.400. The summed E-state index contributed by atoms with van der Waals surface area (Å²) in [5, 5.41) is 0. The van der Waals surface area contributed by atoms with Crippen molar-refractivity contribution in [1.82, 2.24) is 14.5 Å². The van der Waals surface area contributed by atoms with Crippen LogP contribution in [0.2, 0.25) is 0 Å². The molecule has 105 valence electrons. The van der Waals surface area contributed by atoms with E-state index in [1.807, 2.05) is 10.6 Å². The minimum absolute atomic E-state index is 0.0426. The molecule has 0 amide bonds. The van der Waals surface area contributed by atoms with E-state index in [1.54, 1.807) is 18.3 Å². The summed E-state index contributed by atoms with van der Waals surface area (Å²) in [7, 11) is 0. The predicted molar refractivity (Wildman–Crippen MR) is 83.7 cm³/mol. The van der Waals surface area contributed by atoms with Crippen LogP contribution in [0.1, 0.15) is 12.8 Å². The number of rotatable bonds is 3. The Morgan fingerprint density at radius 3 is 2.80 bits per heavy atom. The lowest BCUT2D eigenvalue weighted by Crippen LogP contribution is -2.34. The molecule has 2 aromatic heterocycles. The molecular formula is C15H17BrN3O. The first-order valence-corrected chi connectivity index (χ1v) is 7.72. The summed E-state index contributed by atoms with van der Waals surface area (Å²) in [6, 6.07) is 5.36. The third kappa shape index (κ3) is 2.94. The SMILES string of the molecule is O=c1ccc2ncc(Br)cc2n1CCN1CC[CH]CC1. The van der Waals surface area contributed by atoms with E-state index in [9.17, 15) is 4.79 Å². The summed E-state index contributed by atoms with van der Waals surface area (Å²) in [4.78, 5) is 18.9. The Morgan fingerprint density at radius 1 is 1.20 bits per heavy atom. The van der Waals surface area contributed by atoms with Crippen LogP contribution >= 0.6 is 15.9 Å². The highest BCUT2D eigenvalue weighted by Gasteiger charge is 2.11. The number of nitrogens with zero attached hydrogens (tertiary/aromatic N) is 3. The van der Waals surface area contributed by atoms with Crippen molar-refractivity contribution in [3.8, 4) is 0 Å². The monoisotopic (exact) mass is 334 g/mol. The smallest absolute Gasteiger partial charge is 0.251 e. The zero-order chi connectivity index (χ0) is 13.9. The van der Waals surface area contributed by atoms with Gasteiger partial charge in [-0.25, -0.2) is 0 Å². The van der Waals surface area contributed by atoms with Crippen LogP contribution in [0.3, 0.4) is 0 Å². The highest BCUT2D eigenvalue weighted by molar-refractivity contribution is 9.10. The molecule has 2 aromatic rings. The van der Waals surface area contributed by atoms with Gasteiger partial charge in [0.1, 0.15) is 0 Å². The van der Waals surface area contributed by atoms with Crippen molar-refractivity contribution in [3.05, 3.63) is 45.6 Å². The lowest BCUT2D eigenvalue weighted by molar-refractivity contribution is 0.245. The van der Waals surface area contributed by atoms with Crippen molar-refractivity contribution in [3.63, 3.8) is 0 Å². The van der Waals surface area contributed by atoms with Crippen LogP contribution in [0.15, 0.2) is 33.7 Å². The normalized spacial score (nSPS) is 16.6. The summed E-state index contributed by atoms with van der Waals surface area (Å²) in [5.74, 6) is 0. The van der Waals surface area contributed by atoms with Gasteiger partial charge in [0.2, 0.25) is 0 Å². The number of aromatic nitrogens is 2. The zero-order valence-corrected chi connectivity index (χ0v) is 12.8. The molecule has 0 N–H and O–H groups in total. The van der Waals surface area contributed by atoms with Gasteiger partial charge in [-0.05, 0) is 60.4 Å². The first kappa shape index (κ1) is 13.8. The van der Waals surface area contributed by atoms with E-state index >= 15 is 0 Å². The highest BCUT2D eigenvalue weighted by Crippen LogP contribution is 2.16. The van der Waals surface area contributed by atoms with Gasteiger partial charge < -0.3 is 9.47 Å². The number of piperidine rings is 1. The molecular weight excluding hydrogens is 318 g/mol. The molecule has 3 rings (SSSR count). The number of hydrogen-bond acceptors (Lipinski definition) is 3. The number of hydrogen-bond donors (Lipinski definition) is 0. The number of fused-ring (bicyclic) bond motifs is 1. The standard InChI is InChI=1S/C15H17BrN3O/c16-12-10-14-13(17-11-12)4-5-15(20)19(14)9-8-18-6-2-1-3-7-18/h1,4-5,10-11H,2-3,6-9H2. The van der Waals surface area contributed by atoms with Gasteiger partial charge in [0.25, 0.3) is 5.56 Å². The molecule has 0 bridgehead atoms. The summed E-state index contributed by atoms with van der Waals surface area (Å²) in [5.41, 5.74) is 1.80. The second-order valence-corrected chi connectivity index (χ2v) is 6.00. The zero-order valence-electron chi connectivity index (χ0n) is 11.3. The van der Waals surface area contributed by atoms with Crippen molar-refractivity contribution in [2.75, 3.05) is 19.6 Å². The Labute approximate surface area is 126 Å². The van der Waals surface area contributed by atoms with Gasteiger partial charge in [-0.2, -0.15) is 0 Å². The maximum Gasteiger partial charge on any atom is 0.251 e. The molecule has 1 radical (unpaired) electrons. The second kappa shape index (κ2) is 6.06. The summed E-state index contributed by atoms with van der Waals surface area (Å²) in [6.07, 6.45) is 6.40. The lowest BCUT2D eigenvalue weighted by Gasteiger charge is -2.26. The average molecular weight is 335 g/mol. The minimum Gasteiger partial charge on any atom is -0.305 e. The van der Waals surface area contributed by atoms with E-state index in [0.717, 1.165) is 48.0 Å². The van der Waals surface area contributed by atoms with Crippen LogP contribution in [-0.2, 0) is 6.54 Å². The molecule has 1 aliphatic heterocycles. The highest BCUT2D eigenvalue weighted by atomic mass is 79.9. The van der Waals surface area contributed by atoms with E-state index in [-0.39, 0.29) is 5.56 Å². The van der Waals surface area contributed by atoms with Gasteiger partial charge in [0.15, 0.2) is 0 Å². The molecule has 20 heavy (non-hydrogen) atoms. The van der Waals surface area contributed by atoms with Gasteiger partial charge in [-0.15, -0.1) is 0 Å². The van der Waals surface area contributed by atoms with E-state index in [2.05, 4.69) is 32.2 Å². The maximum absolute atomic E-state index is 12.1. The van der Waals surface area contributed by atoms with Crippen molar-refractivity contribution in [2.24, 2.45) is 0 Å². The second-order valence-electron chi connectivity index (χ2n) is 5.09. The Hall–Kier alpha value is -1.20. The fourth-order valence-electron chi connectivity index (χ4n) is 2.64. The van der Waals surface area contributed by atoms with Gasteiger partial charge in [-0.1, -0.05) is 0 Å². The Bertz CT molecular complexity index is 662. The summed E-state index contributed by atoms with van der Waals surface area (Å²) >= 11 is 3.43. The molecule has 1 saturated heterocycles. The van der Waals surface area contributed by atoms with E-state index in [0.29, 0.717) is 6.54 Å². The topological polar surface area (TPSA) is 38.1 Å². The van der Waals surface area contributed by atoms with Crippen LogP contribution in [0.25, 0.3) is 11.0 Å². The molecule has 0 unspecified atom stereocenters. The molecule has 1 aliphatic rings.